The molecule has 0 aliphatic carbocycles. The first-order chi connectivity index (χ1) is 11.2. The highest BCUT2D eigenvalue weighted by Crippen LogP contribution is 2.12. The summed E-state index contributed by atoms with van der Waals surface area (Å²) >= 11 is 0. The van der Waals surface area contributed by atoms with Crippen molar-refractivity contribution in [2.45, 2.75) is 26.3 Å². The molecule has 0 aliphatic heterocycles. The molecule has 0 aliphatic rings. The molecule has 136 valence electrons. The van der Waals surface area contributed by atoms with Gasteiger partial charge in [0.25, 0.3) is 0 Å². The van der Waals surface area contributed by atoms with Gasteiger partial charge in [0, 0.05) is 25.7 Å². The number of urea groups is 1. The Labute approximate surface area is 144 Å². The van der Waals surface area contributed by atoms with Gasteiger partial charge in [-0.2, -0.15) is 0 Å². The summed E-state index contributed by atoms with van der Waals surface area (Å²) < 4.78 is 30.2. The fraction of sp³-hybridized carbons (Fsp3) is 0.562. The van der Waals surface area contributed by atoms with Gasteiger partial charge in [-0.15, -0.1) is 0 Å². The van der Waals surface area contributed by atoms with E-state index in [1.54, 1.807) is 7.11 Å². The highest BCUT2D eigenvalue weighted by molar-refractivity contribution is 7.88. The Bertz CT molecular complexity index is 615. The molecule has 7 nitrogen and oxygen atoms in total. The van der Waals surface area contributed by atoms with E-state index in [1.165, 1.54) is 10.6 Å². The van der Waals surface area contributed by atoms with E-state index in [0.29, 0.717) is 13.0 Å². The minimum absolute atomic E-state index is 0.0334. The van der Waals surface area contributed by atoms with Crippen LogP contribution in [0.15, 0.2) is 24.3 Å². The van der Waals surface area contributed by atoms with E-state index in [0.717, 1.165) is 11.3 Å². The second kappa shape index (κ2) is 9.48. The summed E-state index contributed by atoms with van der Waals surface area (Å²) in [6.45, 7) is 4.57. The van der Waals surface area contributed by atoms with Crippen molar-refractivity contribution in [2.75, 3.05) is 33.0 Å². The maximum atomic E-state index is 11.9. The maximum Gasteiger partial charge on any atom is 0.315 e. The topological polar surface area (TPSA) is 87.7 Å². The van der Waals surface area contributed by atoms with Crippen molar-refractivity contribution in [3.8, 4) is 5.75 Å². The highest BCUT2D eigenvalue weighted by atomic mass is 32.2. The predicted octanol–water partition coefficient (Wildman–Crippen LogP) is 1.21. The Morgan fingerprint density at radius 1 is 1.21 bits per heavy atom. The summed E-state index contributed by atoms with van der Waals surface area (Å²) in [5.41, 5.74) is 1.02. The van der Waals surface area contributed by atoms with Crippen molar-refractivity contribution in [1.82, 2.24) is 14.9 Å². The van der Waals surface area contributed by atoms with E-state index in [1.807, 2.05) is 38.1 Å². The molecular weight excluding hydrogens is 330 g/mol. The van der Waals surface area contributed by atoms with Crippen LogP contribution in [-0.4, -0.2) is 57.8 Å². The largest absolute Gasteiger partial charge is 0.497 e. The molecule has 0 saturated carbocycles. The molecule has 0 unspecified atom stereocenters. The number of hydrogen-bond donors (Lipinski definition) is 2. The van der Waals surface area contributed by atoms with Crippen molar-refractivity contribution in [3.63, 3.8) is 0 Å². The number of rotatable bonds is 9. The summed E-state index contributed by atoms with van der Waals surface area (Å²) in [6.07, 6.45) is 1.77. The van der Waals surface area contributed by atoms with Gasteiger partial charge in [0.05, 0.1) is 13.4 Å². The third kappa shape index (κ3) is 7.65. The number of amides is 2. The third-order valence-electron chi connectivity index (χ3n) is 3.34. The molecule has 1 aromatic carbocycles. The number of carbonyl (C=O) groups is 1. The fourth-order valence-corrected chi connectivity index (χ4v) is 2.94. The number of nitrogens with zero attached hydrogens (tertiary/aromatic N) is 1. The van der Waals surface area contributed by atoms with Gasteiger partial charge in [0.15, 0.2) is 0 Å². The number of hydrogen-bond acceptors (Lipinski definition) is 4. The molecule has 0 bridgehead atoms. The molecule has 1 rings (SSSR count). The molecule has 0 saturated heterocycles. The summed E-state index contributed by atoms with van der Waals surface area (Å²) in [6, 6.07) is 7.25. The molecule has 2 amide bonds. The lowest BCUT2D eigenvalue weighted by atomic mass is 10.1. The zero-order valence-corrected chi connectivity index (χ0v) is 15.5. The molecule has 0 atom stereocenters. The first-order valence-corrected chi connectivity index (χ1v) is 9.69. The van der Waals surface area contributed by atoms with Gasteiger partial charge in [-0.25, -0.2) is 17.5 Å². The zero-order valence-electron chi connectivity index (χ0n) is 14.7. The van der Waals surface area contributed by atoms with Crippen LogP contribution >= 0.6 is 0 Å². The van der Waals surface area contributed by atoms with Crippen LogP contribution in [0.3, 0.4) is 0 Å². The Morgan fingerprint density at radius 2 is 1.83 bits per heavy atom. The summed E-state index contributed by atoms with van der Waals surface area (Å²) in [5, 5.41) is 5.35. The Balaban J connectivity index is 2.52. The smallest absolute Gasteiger partial charge is 0.315 e. The number of benzene rings is 1. The summed E-state index contributed by atoms with van der Waals surface area (Å²) in [7, 11) is -1.73. The highest BCUT2D eigenvalue weighted by Gasteiger charge is 2.16. The Morgan fingerprint density at radius 3 is 2.33 bits per heavy atom. The van der Waals surface area contributed by atoms with E-state index in [4.69, 9.17) is 4.74 Å². The van der Waals surface area contributed by atoms with Gasteiger partial charge >= 0.3 is 6.03 Å². The second-order valence-electron chi connectivity index (χ2n) is 5.82. The van der Waals surface area contributed by atoms with Gasteiger partial charge in [-0.05, 0) is 38.0 Å². The monoisotopic (exact) mass is 357 g/mol. The van der Waals surface area contributed by atoms with Crippen molar-refractivity contribution in [3.05, 3.63) is 29.8 Å². The molecule has 0 spiro atoms. The van der Waals surface area contributed by atoms with Crippen LogP contribution < -0.4 is 15.4 Å². The van der Waals surface area contributed by atoms with Crippen LogP contribution in [0.25, 0.3) is 0 Å². The van der Waals surface area contributed by atoms with E-state index in [2.05, 4.69) is 10.6 Å². The minimum atomic E-state index is -3.33. The van der Waals surface area contributed by atoms with Gasteiger partial charge < -0.3 is 15.4 Å². The lowest BCUT2D eigenvalue weighted by molar-refractivity contribution is 0.237. The molecule has 0 heterocycles. The van der Waals surface area contributed by atoms with Crippen LogP contribution in [0, 0.1) is 0 Å². The van der Waals surface area contributed by atoms with Crippen LogP contribution in [-0.2, 0) is 16.4 Å². The molecular formula is C16H27N3O4S. The molecule has 8 heteroatoms. The number of methoxy groups -OCH3 is 1. The van der Waals surface area contributed by atoms with Gasteiger partial charge in [0.2, 0.25) is 10.0 Å². The quantitative estimate of drug-likeness (QED) is 0.695. The third-order valence-corrected chi connectivity index (χ3v) is 4.65. The second-order valence-corrected chi connectivity index (χ2v) is 7.80. The van der Waals surface area contributed by atoms with Crippen LogP contribution in [0.4, 0.5) is 4.79 Å². The molecule has 1 aromatic rings. The standard InChI is InChI=1S/C16H27N3O4S/c1-13(2)18-16(20)17-10-12-19(24(4,21)22)11-9-14-5-7-15(23-3)8-6-14/h5-8,13H,9-12H2,1-4H3,(H2,17,18,20). The minimum Gasteiger partial charge on any atom is -0.497 e. The molecule has 24 heavy (non-hydrogen) atoms. The van der Waals surface area contributed by atoms with Crippen molar-refractivity contribution in [1.29, 1.82) is 0 Å². The number of nitrogens with one attached hydrogen (secondary N) is 2. The van der Waals surface area contributed by atoms with Gasteiger partial charge in [0.1, 0.15) is 5.75 Å². The van der Waals surface area contributed by atoms with Crippen LogP contribution in [0.2, 0.25) is 0 Å². The van der Waals surface area contributed by atoms with Crippen molar-refractivity contribution < 1.29 is 17.9 Å². The maximum absolute atomic E-state index is 11.9. The van der Waals surface area contributed by atoms with Crippen LogP contribution in [0.5, 0.6) is 5.75 Å². The number of carbonyl (C=O) groups excluding carboxylic acids is 1. The lowest BCUT2D eigenvalue weighted by Crippen LogP contribution is -2.44. The first kappa shape index (κ1) is 20.2. The predicted molar refractivity (Wildman–Crippen MR) is 94.8 cm³/mol. The average Bonchev–Trinajstić information content (AvgIpc) is 2.49. The van der Waals surface area contributed by atoms with E-state index >= 15 is 0 Å². The average molecular weight is 357 g/mol. The van der Waals surface area contributed by atoms with Gasteiger partial charge in [-0.1, -0.05) is 12.1 Å². The van der Waals surface area contributed by atoms with Crippen LogP contribution in [0.1, 0.15) is 19.4 Å². The SMILES string of the molecule is COc1ccc(CCN(CCNC(=O)NC(C)C)S(C)(=O)=O)cc1. The lowest BCUT2D eigenvalue weighted by Gasteiger charge is -2.20. The Kier molecular flexibility index (Phi) is 8.00. The van der Waals surface area contributed by atoms with E-state index in [9.17, 15) is 13.2 Å². The molecule has 0 aromatic heterocycles. The molecule has 2 N–H and O–H groups in total. The number of ether oxygens (including phenoxy) is 1. The van der Waals surface area contributed by atoms with Crippen molar-refractivity contribution >= 4 is 16.1 Å². The first-order valence-electron chi connectivity index (χ1n) is 7.84. The van der Waals surface area contributed by atoms with Crippen molar-refractivity contribution in [2.24, 2.45) is 0 Å². The fourth-order valence-electron chi connectivity index (χ4n) is 2.10. The summed E-state index contributed by atoms with van der Waals surface area (Å²) in [4.78, 5) is 11.5. The molecule has 0 fully saturated rings. The van der Waals surface area contributed by atoms with E-state index in [-0.39, 0.29) is 25.2 Å². The molecule has 0 radical (unpaired) electrons. The Hall–Kier alpha value is -1.80. The normalized spacial score (nSPS) is 11.6. The zero-order chi connectivity index (χ0) is 18.2. The van der Waals surface area contributed by atoms with E-state index < -0.39 is 10.0 Å². The number of sulfonamides is 1. The summed E-state index contributed by atoms with van der Waals surface area (Å²) in [5.74, 6) is 0.763. The van der Waals surface area contributed by atoms with Gasteiger partial charge in [-0.3, -0.25) is 0 Å².